The van der Waals surface area contributed by atoms with Gasteiger partial charge >= 0.3 is 0 Å². The quantitative estimate of drug-likeness (QED) is 0.236. The van der Waals surface area contributed by atoms with Crippen LogP contribution in [0.2, 0.25) is 0 Å². The Kier molecular flexibility index (Phi) is 10.8. The zero-order chi connectivity index (χ0) is 41.0. The first-order valence-electron chi connectivity index (χ1n) is 25.7. The Balaban J connectivity index is 0.897. The molecule has 0 N–H and O–H groups in total. The predicted molar refractivity (Wildman–Crippen MR) is 258 cm³/mol. The van der Waals surface area contributed by atoms with Gasteiger partial charge in [-0.2, -0.15) is 0 Å². The van der Waals surface area contributed by atoms with Crippen LogP contribution >= 0.6 is 0 Å². The molecule has 8 atom stereocenters. The van der Waals surface area contributed by atoms with E-state index in [1.54, 1.807) is 50.5 Å². The van der Waals surface area contributed by atoms with Crippen LogP contribution in [0.4, 0.5) is 0 Å². The van der Waals surface area contributed by atoms with E-state index in [0.717, 1.165) is 12.8 Å². The number of fused-ring (bicyclic) bond motifs is 4. The molecule has 62 heavy (non-hydrogen) atoms. The lowest BCUT2D eigenvalue weighted by molar-refractivity contribution is 0.163. The minimum Gasteiger partial charge on any atom is -0.364 e. The van der Waals surface area contributed by atoms with Crippen molar-refractivity contribution >= 4 is 0 Å². The normalized spacial score (nSPS) is 35.2. The van der Waals surface area contributed by atoms with E-state index in [1.165, 1.54) is 145 Å². The monoisotopic (exact) mass is 819 g/mol. The molecule has 0 aromatic heterocycles. The first-order valence-corrected chi connectivity index (χ1v) is 25.7. The SMILES string of the molecule is C1=CCCC(C2C=C(C3=CCCC=C3)C=C(N3C4=C(CCCC4)C4C=CCC(C5=CC6C7=C(CCC=C7)N(C7C=C(C8=CCCC=C8)CC(C8=CCCCC8)C7)C6CC5)C43)C2)=C1. The van der Waals surface area contributed by atoms with E-state index in [2.05, 4.69) is 119 Å². The maximum atomic E-state index is 3.05. The molecule has 8 unspecified atom stereocenters. The van der Waals surface area contributed by atoms with Crippen molar-refractivity contribution in [3.05, 3.63) is 177 Å². The van der Waals surface area contributed by atoms with Crippen LogP contribution in [0.5, 0.6) is 0 Å². The van der Waals surface area contributed by atoms with Gasteiger partial charge in [0.2, 0.25) is 0 Å². The lowest BCUT2D eigenvalue weighted by atomic mass is 9.70. The predicted octanol–water partition coefficient (Wildman–Crippen LogP) is 15.2. The second kappa shape index (κ2) is 17.0. The van der Waals surface area contributed by atoms with Crippen LogP contribution in [0.15, 0.2) is 177 Å². The Morgan fingerprint density at radius 1 is 0.581 bits per heavy atom. The van der Waals surface area contributed by atoms with Crippen LogP contribution in [0.3, 0.4) is 0 Å². The summed E-state index contributed by atoms with van der Waals surface area (Å²) < 4.78 is 0. The van der Waals surface area contributed by atoms with E-state index < -0.39 is 0 Å². The molecule has 0 amide bonds. The van der Waals surface area contributed by atoms with Crippen molar-refractivity contribution in [2.75, 3.05) is 0 Å². The zero-order valence-corrected chi connectivity index (χ0v) is 37.5. The number of hydrogen-bond acceptors (Lipinski definition) is 2. The van der Waals surface area contributed by atoms with Crippen LogP contribution in [0, 0.1) is 29.6 Å². The molecule has 0 fully saturated rings. The van der Waals surface area contributed by atoms with Crippen molar-refractivity contribution in [3.8, 4) is 0 Å². The molecule has 0 bridgehead atoms. The summed E-state index contributed by atoms with van der Waals surface area (Å²) in [6.07, 6.45) is 73.5. The maximum Gasteiger partial charge on any atom is 0.0504 e. The van der Waals surface area contributed by atoms with Gasteiger partial charge in [0, 0.05) is 52.8 Å². The highest BCUT2D eigenvalue weighted by atomic mass is 15.2. The van der Waals surface area contributed by atoms with Gasteiger partial charge in [-0.1, -0.05) is 120 Å². The molecule has 0 spiro atoms. The zero-order valence-electron chi connectivity index (χ0n) is 37.5. The average molecular weight is 819 g/mol. The topological polar surface area (TPSA) is 6.48 Å². The summed E-state index contributed by atoms with van der Waals surface area (Å²) in [6, 6.07) is 1.57. The molecule has 320 valence electrons. The Hall–Kier alpha value is -4.30. The first-order chi connectivity index (χ1) is 30.7. The van der Waals surface area contributed by atoms with E-state index >= 15 is 0 Å². The van der Waals surface area contributed by atoms with Gasteiger partial charge in [0.05, 0.1) is 6.04 Å². The van der Waals surface area contributed by atoms with Crippen molar-refractivity contribution in [2.45, 2.75) is 159 Å². The Morgan fingerprint density at radius 2 is 1.44 bits per heavy atom. The molecule has 0 radical (unpaired) electrons. The molecule has 12 aliphatic rings. The number of nitrogens with zero attached hydrogens (tertiary/aromatic N) is 2. The van der Waals surface area contributed by atoms with E-state index in [0.29, 0.717) is 47.7 Å². The van der Waals surface area contributed by atoms with Gasteiger partial charge in [-0.05, 0) is 187 Å². The van der Waals surface area contributed by atoms with Crippen LogP contribution in [0.1, 0.15) is 141 Å². The molecular weight excluding hydrogens is 749 g/mol. The van der Waals surface area contributed by atoms with Crippen LogP contribution in [0.25, 0.3) is 0 Å². The first kappa shape index (κ1) is 39.3. The largest absolute Gasteiger partial charge is 0.364 e. The minimum absolute atomic E-state index is 0.479. The number of rotatable bonds is 7. The highest BCUT2D eigenvalue weighted by Gasteiger charge is 2.50. The summed E-state index contributed by atoms with van der Waals surface area (Å²) in [7, 11) is 0. The molecular formula is C60H70N2. The third-order valence-electron chi connectivity index (χ3n) is 17.5. The van der Waals surface area contributed by atoms with E-state index in [4.69, 9.17) is 0 Å². The molecule has 0 aromatic rings. The van der Waals surface area contributed by atoms with Gasteiger partial charge in [-0.15, -0.1) is 0 Å². The van der Waals surface area contributed by atoms with E-state index in [-0.39, 0.29) is 0 Å². The molecule has 10 aliphatic carbocycles. The standard InChI is InChI=1S/C60H70N2/c1-5-18-41(19-6-1)46-34-47(42-20-7-2-8-21-42)37-50(36-46)61-57-30-15-14-27-54(57)56-40-45(32-33-59(56)61)52-28-17-29-55-53-26-13-16-31-58(53)62(60(52)55)51-38-48(43-22-9-3-10-23-43)35-49(39-51)44-24-11-4-12-25-44/h3,5,9,11,14,17-20,22,24-25,27,29,35-36,39-40,47-48,50,52,55-56,59-60H,1-2,4,6-8,10,12-13,15-16,21,23,26,28,30-34,37-38H2. The van der Waals surface area contributed by atoms with Gasteiger partial charge < -0.3 is 9.80 Å². The lowest BCUT2D eigenvalue weighted by Gasteiger charge is -2.46. The van der Waals surface area contributed by atoms with Crippen LogP contribution < -0.4 is 0 Å². The molecule has 2 heterocycles. The Morgan fingerprint density at radius 3 is 2.27 bits per heavy atom. The summed E-state index contributed by atoms with van der Waals surface area (Å²) in [5.74, 6) is 2.79. The minimum atomic E-state index is 0.479. The Bertz CT molecular complexity index is 2320. The van der Waals surface area contributed by atoms with Crippen molar-refractivity contribution in [3.63, 3.8) is 0 Å². The van der Waals surface area contributed by atoms with Gasteiger partial charge in [0.1, 0.15) is 0 Å². The molecule has 2 nitrogen and oxygen atoms in total. The highest BCUT2D eigenvalue weighted by molar-refractivity contribution is 5.54. The van der Waals surface area contributed by atoms with Crippen LogP contribution in [-0.4, -0.2) is 27.9 Å². The van der Waals surface area contributed by atoms with Gasteiger partial charge in [0.25, 0.3) is 0 Å². The van der Waals surface area contributed by atoms with Crippen molar-refractivity contribution in [2.24, 2.45) is 29.6 Å². The molecule has 2 heteroatoms. The maximum absolute atomic E-state index is 3.05. The highest BCUT2D eigenvalue weighted by Crippen LogP contribution is 2.56. The van der Waals surface area contributed by atoms with Crippen molar-refractivity contribution in [1.29, 1.82) is 0 Å². The van der Waals surface area contributed by atoms with Gasteiger partial charge in [-0.3, -0.25) is 0 Å². The fourth-order valence-electron chi connectivity index (χ4n) is 14.7. The molecule has 2 aliphatic heterocycles. The third-order valence-corrected chi connectivity index (χ3v) is 17.5. The number of allylic oxidation sites excluding steroid dienone is 24. The van der Waals surface area contributed by atoms with Crippen LogP contribution in [-0.2, 0) is 0 Å². The second-order valence-corrected chi connectivity index (χ2v) is 20.9. The fraction of sp³-hybridized carbons (Fsp3) is 0.500. The van der Waals surface area contributed by atoms with Crippen molar-refractivity contribution < 1.29 is 0 Å². The summed E-state index contributed by atoms with van der Waals surface area (Å²) in [5, 5.41) is 0. The molecule has 12 rings (SSSR count). The van der Waals surface area contributed by atoms with Gasteiger partial charge in [-0.25, -0.2) is 0 Å². The summed E-state index contributed by atoms with van der Waals surface area (Å²) in [6.45, 7) is 0. The molecule has 0 aromatic carbocycles. The molecule has 0 saturated heterocycles. The number of hydrogen-bond donors (Lipinski definition) is 0. The molecule has 0 saturated carbocycles. The summed E-state index contributed by atoms with van der Waals surface area (Å²) >= 11 is 0. The average Bonchev–Trinajstić information content (AvgIpc) is 3.88. The van der Waals surface area contributed by atoms with Crippen molar-refractivity contribution in [1.82, 2.24) is 9.80 Å². The van der Waals surface area contributed by atoms with E-state index in [1.807, 2.05) is 0 Å². The second-order valence-electron chi connectivity index (χ2n) is 20.9. The van der Waals surface area contributed by atoms with Gasteiger partial charge in [0.15, 0.2) is 0 Å². The lowest BCUT2D eigenvalue weighted by Crippen LogP contribution is -2.46. The summed E-state index contributed by atoms with van der Waals surface area (Å²) in [5.41, 5.74) is 19.8. The summed E-state index contributed by atoms with van der Waals surface area (Å²) in [4.78, 5) is 6.08. The van der Waals surface area contributed by atoms with E-state index in [9.17, 15) is 0 Å². The Labute approximate surface area is 373 Å². The third kappa shape index (κ3) is 7.15. The smallest absolute Gasteiger partial charge is 0.0504 e. The fourth-order valence-corrected chi connectivity index (χ4v) is 14.7.